The number of hydrogen-bond acceptors (Lipinski definition) is 5. The van der Waals surface area contributed by atoms with Crippen molar-refractivity contribution in [3.63, 3.8) is 0 Å². The van der Waals surface area contributed by atoms with Gasteiger partial charge in [-0.3, -0.25) is 0 Å². The molecule has 0 spiro atoms. The first kappa shape index (κ1) is 23.3. The van der Waals surface area contributed by atoms with Crippen LogP contribution in [-0.2, 0) is 43.0 Å². The average Bonchev–Trinajstić information content (AvgIpc) is 2.69. The third-order valence-corrected chi connectivity index (χ3v) is 8.95. The molecule has 156 valence electrons. The predicted molar refractivity (Wildman–Crippen MR) is 104 cm³/mol. The Hall–Kier alpha value is -1.95. The molecule has 1 aliphatic heterocycles. The molecule has 29 heavy (non-hydrogen) atoms. The molecule has 1 N–H and O–H groups in total. The number of nitrogens with one attached hydrogen (secondary N) is 1. The van der Waals surface area contributed by atoms with Crippen LogP contribution in [0.5, 0.6) is 0 Å². The molecule has 0 aromatic heterocycles. The van der Waals surface area contributed by atoms with Crippen LogP contribution in [0.4, 0.5) is 4.79 Å². The third kappa shape index (κ3) is 7.77. The third-order valence-electron chi connectivity index (χ3n) is 4.65. The second-order valence-electron chi connectivity index (χ2n) is 8.42. The van der Waals surface area contributed by atoms with Gasteiger partial charge in [-0.15, -0.1) is 0 Å². The molecular formula is C21H30N2O5Zn. The van der Waals surface area contributed by atoms with Crippen LogP contribution in [0.2, 0.25) is 5.02 Å². The van der Waals surface area contributed by atoms with Crippen LogP contribution in [0.25, 0.3) is 0 Å². The molecule has 0 unspecified atom stereocenters. The van der Waals surface area contributed by atoms with Gasteiger partial charge in [0.1, 0.15) is 0 Å². The van der Waals surface area contributed by atoms with Crippen molar-refractivity contribution in [1.29, 1.82) is 0 Å². The Morgan fingerprint density at radius 2 is 1.93 bits per heavy atom. The Balaban J connectivity index is 1.85. The number of benzene rings is 1. The zero-order valence-corrected chi connectivity index (χ0v) is 20.7. The van der Waals surface area contributed by atoms with Crippen LogP contribution >= 0.6 is 0 Å². The fourth-order valence-corrected chi connectivity index (χ4v) is 7.45. The Bertz CT molecular complexity index is 705. The molecule has 1 aromatic rings. The van der Waals surface area contributed by atoms with E-state index >= 15 is 0 Å². The zero-order chi connectivity index (χ0) is 21.4. The van der Waals surface area contributed by atoms with Gasteiger partial charge in [0.15, 0.2) is 0 Å². The molecule has 8 heteroatoms. The van der Waals surface area contributed by atoms with Crippen molar-refractivity contribution in [3.05, 3.63) is 35.9 Å². The van der Waals surface area contributed by atoms with Gasteiger partial charge in [-0.25, -0.2) is 0 Å². The Labute approximate surface area is 180 Å². The van der Waals surface area contributed by atoms with Gasteiger partial charge in [0.05, 0.1) is 0 Å². The van der Waals surface area contributed by atoms with E-state index in [4.69, 9.17) is 9.47 Å². The quantitative estimate of drug-likeness (QED) is 0.525. The number of esters is 1. The van der Waals surface area contributed by atoms with Gasteiger partial charge in [-0.05, 0) is 0 Å². The molecule has 1 saturated heterocycles. The second-order valence-corrected chi connectivity index (χ2v) is 12.3. The number of carbonyl (C=O) groups is 3. The maximum atomic E-state index is 12.9. The van der Waals surface area contributed by atoms with Crippen LogP contribution in [0.15, 0.2) is 30.3 Å². The van der Waals surface area contributed by atoms with E-state index in [0.717, 1.165) is 17.0 Å². The van der Waals surface area contributed by atoms with E-state index in [0.29, 0.717) is 6.42 Å². The molecule has 0 saturated carbocycles. The van der Waals surface area contributed by atoms with E-state index in [9.17, 15) is 14.4 Å². The summed E-state index contributed by atoms with van der Waals surface area (Å²) >= 11 is -1.33. The van der Waals surface area contributed by atoms with Crippen molar-refractivity contribution in [3.8, 4) is 0 Å². The van der Waals surface area contributed by atoms with Crippen molar-refractivity contribution in [1.82, 2.24) is 8.96 Å². The molecule has 1 fully saturated rings. The van der Waals surface area contributed by atoms with Crippen LogP contribution < -0.4 is 5.32 Å². The fourth-order valence-electron chi connectivity index (χ4n) is 3.19. The second kappa shape index (κ2) is 10.7. The molecule has 2 rings (SSSR count). The molecule has 0 radical (unpaired) electrons. The van der Waals surface area contributed by atoms with Gasteiger partial charge in [0.2, 0.25) is 0 Å². The summed E-state index contributed by atoms with van der Waals surface area (Å²) in [5.41, 5.74) is 0.319. The van der Waals surface area contributed by atoms with Crippen LogP contribution in [-0.4, -0.2) is 39.8 Å². The normalized spacial score (nSPS) is 17.4. The maximum absolute atomic E-state index is 12.9. The molecule has 1 aromatic carbocycles. The van der Waals surface area contributed by atoms with Crippen molar-refractivity contribution >= 4 is 18.0 Å². The molecule has 0 bridgehead atoms. The molecule has 1 heterocycles. The van der Waals surface area contributed by atoms with Crippen LogP contribution in [0, 0.1) is 5.92 Å². The number of amides is 2. The minimum absolute atomic E-state index is 0.0797. The first-order valence-electron chi connectivity index (χ1n) is 10.2. The fraction of sp³-hybridized carbons (Fsp3) is 0.571. The summed E-state index contributed by atoms with van der Waals surface area (Å²) in [5.74, 6) is -0.824. The molecule has 2 atom stereocenters. The minimum atomic E-state index is -1.33. The Morgan fingerprint density at radius 3 is 2.59 bits per heavy atom. The zero-order valence-electron chi connectivity index (χ0n) is 17.8. The summed E-state index contributed by atoms with van der Waals surface area (Å²) in [6, 6.07) is 8.91. The van der Waals surface area contributed by atoms with Crippen molar-refractivity contribution in [2.75, 3.05) is 6.54 Å². The van der Waals surface area contributed by atoms with E-state index in [1.165, 1.54) is 0 Å². The molecule has 1 aliphatic rings. The summed E-state index contributed by atoms with van der Waals surface area (Å²) < 4.78 is 12.5. The number of nitrogens with zero attached hydrogens (tertiary/aromatic N) is 1. The van der Waals surface area contributed by atoms with E-state index < -0.39 is 41.0 Å². The van der Waals surface area contributed by atoms with Crippen molar-refractivity contribution in [2.45, 2.75) is 63.8 Å². The Morgan fingerprint density at radius 1 is 1.24 bits per heavy atom. The number of ether oxygens (including phenoxy) is 2. The summed E-state index contributed by atoms with van der Waals surface area (Å²) in [6.07, 6.45) is 1.05. The van der Waals surface area contributed by atoms with E-state index in [-0.39, 0.29) is 25.0 Å². The molecule has 0 aliphatic carbocycles. The standard InChI is InChI=1S/C21H31N2O5.Zn/c1-6-10-17(19(25)28-21(3,4)5)23-18(24)15(2)13-22-20(26)27-14-16-11-8-7-9-12-16;/h7-9,11-12,15,17H,1,6,10,13-14H2,2-5H3,(H2,22,23,24,26);/q;+1/p-1/t15-,17-;/m0./s1. The van der Waals surface area contributed by atoms with Gasteiger partial charge in [0.25, 0.3) is 0 Å². The first-order chi connectivity index (χ1) is 13.7. The summed E-state index contributed by atoms with van der Waals surface area (Å²) in [4.78, 5) is 37.4. The Kier molecular flexibility index (Phi) is 8.63. The van der Waals surface area contributed by atoms with Crippen molar-refractivity contribution in [2.24, 2.45) is 5.92 Å². The van der Waals surface area contributed by atoms with Crippen molar-refractivity contribution < 1.29 is 41.2 Å². The summed E-state index contributed by atoms with van der Waals surface area (Å²) in [6.45, 7) is 7.60. The van der Waals surface area contributed by atoms with Gasteiger partial charge in [-0.1, -0.05) is 0 Å². The number of carbonyl (C=O) groups excluding carboxylic acids is 3. The van der Waals surface area contributed by atoms with E-state index in [2.05, 4.69) is 5.32 Å². The van der Waals surface area contributed by atoms with Gasteiger partial charge in [-0.2, -0.15) is 0 Å². The topological polar surface area (TPSA) is 84.9 Å². The van der Waals surface area contributed by atoms with Gasteiger partial charge in [0, 0.05) is 0 Å². The molecular weight excluding hydrogens is 426 g/mol. The van der Waals surface area contributed by atoms with Crippen LogP contribution in [0.1, 0.15) is 46.1 Å². The van der Waals surface area contributed by atoms with Crippen LogP contribution in [0.3, 0.4) is 0 Å². The van der Waals surface area contributed by atoms with Gasteiger partial charge >= 0.3 is 180 Å². The van der Waals surface area contributed by atoms with Gasteiger partial charge < -0.3 is 0 Å². The SMILES string of the molecule is C[C@@H](CNC(=O)OCc1ccccc1)C(=O)[N]1[Zn][CH2]CC[C@H]1C(=O)OC(C)(C)C. The molecule has 7 nitrogen and oxygen atoms in total. The number of rotatable bonds is 6. The summed E-state index contributed by atoms with van der Waals surface area (Å²) in [5, 5.41) is 3.69. The number of hydrogen-bond donors (Lipinski definition) is 1. The predicted octanol–water partition coefficient (Wildman–Crippen LogP) is 3.30. The monoisotopic (exact) mass is 454 g/mol. The molecule has 2 amide bonds. The van der Waals surface area contributed by atoms with E-state index in [1.54, 1.807) is 10.6 Å². The average molecular weight is 456 g/mol. The summed E-state index contributed by atoms with van der Waals surface area (Å²) in [7, 11) is 0. The van der Waals surface area contributed by atoms with E-state index in [1.807, 2.05) is 51.1 Å². The first-order valence-corrected chi connectivity index (χ1v) is 13.6. The number of alkyl carbamates (subject to hydrolysis) is 1.